The average Bonchev–Trinajstić information content (AvgIpc) is 2.85. The Morgan fingerprint density at radius 1 is 0.970 bits per heavy atom. The fraction of sp³-hybridized carbons (Fsp3) is 0.321. The second-order valence-electron chi connectivity index (χ2n) is 7.37. The van der Waals surface area contributed by atoms with Gasteiger partial charge in [0.25, 0.3) is 5.91 Å². The highest BCUT2D eigenvalue weighted by Gasteiger charge is 2.10. The quantitative estimate of drug-likeness (QED) is 0.368. The summed E-state index contributed by atoms with van der Waals surface area (Å²) < 4.78 is 0. The molecule has 0 bridgehead atoms. The van der Waals surface area contributed by atoms with Crippen molar-refractivity contribution in [2.75, 3.05) is 18.9 Å². The van der Waals surface area contributed by atoms with E-state index in [0.717, 1.165) is 22.5 Å². The number of aryl methyl sites for hydroxylation is 1. The monoisotopic (exact) mass is 446 g/mol. The van der Waals surface area contributed by atoms with Crippen molar-refractivity contribution >= 4 is 28.7 Å². The summed E-state index contributed by atoms with van der Waals surface area (Å²) in [7, 11) is 1.79. The molecule has 0 aliphatic carbocycles. The van der Waals surface area contributed by atoms with Crippen LogP contribution in [0.5, 0.6) is 0 Å². The maximum absolute atomic E-state index is 12.3. The number of anilines is 1. The first kappa shape index (κ1) is 27.6. The van der Waals surface area contributed by atoms with E-state index in [9.17, 15) is 4.79 Å². The smallest absolute Gasteiger partial charge is 0.253 e. The van der Waals surface area contributed by atoms with E-state index in [2.05, 4.69) is 46.5 Å². The summed E-state index contributed by atoms with van der Waals surface area (Å²) in [5.41, 5.74) is 5.70. The normalized spacial score (nSPS) is 12.3. The minimum Gasteiger partial charge on any atom is -0.342 e. The number of nitrogens with zero attached hydrogens (tertiary/aromatic N) is 3. The van der Waals surface area contributed by atoms with Gasteiger partial charge in [0, 0.05) is 37.2 Å². The zero-order valence-corrected chi connectivity index (χ0v) is 21.3. The average molecular weight is 447 g/mol. The van der Waals surface area contributed by atoms with Crippen molar-refractivity contribution in [2.24, 2.45) is 9.98 Å². The van der Waals surface area contributed by atoms with Gasteiger partial charge >= 0.3 is 0 Å². The maximum Gasteiger partial charge on any atom is 0.253 e. The maximum atomic E-state index is 12.3. The number of hydrogen-bond donors (Lipinski definition) is 1. The van der Waals surface area contributed by atoms with Gasteiger partial charge in [-0.1, -0.05) is 49.8 Å². The Hall–Kier alpha value is -3.47. The van der Waals surface area contributed by atoms with Crippen LogP contribution in [0.3, 0.4) is 0 Å². The molecular formula is C28H38N4O. The number of rotatable bonds is 7. The summed E-state index contributed by atoms with van der Waals surface area (Å²) in [4.78, 5) is 23.1. The van der Waals surface area contributed by atoms with Crippen LogP contribution in [0, 0.1) is 6.92 Å². The first-order chi connectivity index (χ1) is 15.8. The summed E-state index contributed by atoms with van der Waals surface area (Å²) in [6.07, 6.45) is 5.45. The van der Waals surface area contributed by atoms with Gasteiger partial charge in [-0.05, 0) is 70.0 Å². The zero-order chi connectivity index (χ0) is 24.8. The van der Waals surface area contributed by atoms with Crippen LogP contribution in [0.15, 0.2) is 77.0 Å². The summed E-state index contributed by atoms with van der Waals surface area (Å²) in [5, 5.41) is 3.31. The van der Waals surface area contributed by atoms with Gasteiger partial charge in [0.15, 0.2) is 5.84 Å². The van der Waals surface area contributed by atoms with Crippen molar-refractivity contribution in [3.05, 3.63) is 83.7 Å². The van der Waals surface area contributed by atoms with Crippen molar-refractivity contribution in [3.8, 4) is 0 Å². The molecule has 33 heavy (non-hydrogen) atoms. The fourth-order valence-electron chi connectivity index (χ4n) is 2.71. The van der Waals surface area contributed by atoms with Crippen LogP contribution >= 0.6 is 0 Å². The van der Waals surface area contributed by atoms with Gasteiger partial charge < -0.3 is 10.2 Å². The molecule has 2 rings (SSSR count). The molecule has 0 unspecified atom stereocenters. The minimum absolute atomic E-state index is 0.00585. The second-order valence-corrected chi connectivity index (χ2v) is 7.37. The van der Waals surface area contributed by atoms with Crippen LogP contribution in [0.4, 0.5) is 5.69 Å². The summed E-state index contributed by atoms with van der Waals surface area (Å²) >= 11 is 0. The largest absolute Gasteiger partial charge is 0.342 e. The molecule has 0 saturated heterocycles. The van der Waals surface area contributed by atoms with E-state index in [1.165, 1.54) is 5.56 Å². The molecule has 0 saturated carbocycles. The zero-order valence-electron chi connectivity index (χ0n) is 21.3. The SMILES string of the molecule is C/C=C\N=C(Nc1ccc(C(=O)N(C)CC)cc1)C(C)=N/C=C(\C)c1ccc(C)cc1.CC. The number of hydrogen-bond acceptors (Lipinski definition) is 3. The molecule has 1 amide bonds. The summed E-state index contributed by atoms with van der Waals surface area (Å²) in [6.45, 7) is 14.6. The van der Waals surface area contributed by atoms with Crippen LogP contribution in [-0.2, 0) is 0 Å². The Bertz CT molecular complexity index is 997. The first-order valence-electron chi connectivity index (χ1n) is 11.5. The lowest BCUT2D eigenvalue weighted by Crippen LogP contribution is -2.26. The molecule has 0 aliphatic rings. The Morgan fingerprint density at radius 3 is 2.09 bits per heavy atom. The van der Waals surface area contributed by atoms with Crippen molar-refractivity contribution in [1.29, 1.82) is 0 Å². The molecule has 0 atom stereocenters. The molecule has 5 nitrogen and oxygen atoms in total. The molecule has 0 fully saturated rings. The van der Waals surface area contributed by atoms with Crippen LogP contribution in [0.25, 0.3) is 5.57 Å². The number of carbonyl (C=O) groups is 1. The molecule has 0 aromatic heterocycles. The van der Waals surface area contributed by atoms with Gasteiger partial charge in [-0.2, -0.15) is 0 Å². The first-order valence-corrected chi connectivity index (χ1v) is 11.5. The highest BCUT2D eigenvalue weighted by molar-refractivity contribution is 6.45. The van der Waals surface area contributed by atoms with Crippen molar-refractivity contribution < 1.29 is 4.79 Å². The van der Waals surface area contributed by atoms with E-state index >= 15 is 0 Å². The molecule has 2 aromatic rings. The highest BCUT2D eigenvalue weighted by atomic mass is 16.2. The molecule has 1 N–H and O–H groups in total. The topological polar surface area (TPSA) is 57.1 Å². The highest BCUT2D eigenvalue weighted by Crippen LogP contribution is 2.15. The lowest BCUT2D eigenvalue weighted by atomic mass is 10.1. The predicted molar refractivity (Wildman–Crippen MR) is 144 cm³/mol. The summed E-state index contributed by atoms with van der Waals surface area (Å²) in [6, 6.07) is 15.8. The third-order valence-electron chi connectivity index (χ3n) is 4.87. The van der Waals surface area contributed by atoms with E-state index in [1.807, 2.05) is 78.1 Å². The van der Waals surface area contributed by atoms with Crippen LogP contribution in [-0.4, -0.2) is 35.9 Å². The van der Waals surface area contributed by atoms with E-state index in [0.29, 0.717) is 17.9 Å². The number of amidine groups is 1. The van der Waals surface area contributed by atoms with Gasteiger partial charge in [-0.15, -0.1) is 0 Å². The minimum atomic E-state index is 0.00585. The number of benzene rings is 2. The Kier molecular flexibility index (Phi) is 12.2. The standard InChI is InChI=1S/C26H32N4O.C2H6/c1-7-17-27-25(21(5)28-18-20(4)22-11-9-19(3)10-12-22)29-24-15-13-23(14-16-24)26(31)30(6)8-2;1-2/h7,9-18H,8H2,1-6H3,(H,27,29);1-2H3/b17-7-,20-18+,28-21?;. The van der Waals surface area contributed by atoms with Crippen molar-refractivity contribution in [2.45, 2.75) is 48.5 Å². The number of aliphatic imine (C=N–C) groups is 2. The van der Waals surface area contributed by atoms with Crippen molar-refractivity contribution in [1.82, 2.24) is 4.90 Å². The Morgan fingerprint density at radius 2 is 1.55 bits per heavy atom. The van der Waals surface area contributed by atoms with Crippen LogP contribution < -0.4 is 5.32 Å². The molecular weight excluding hydrogens is 408 g/mol. The third kappa shape index (κ3) is 8.89. The molecule has 0 heterocycles. The lowest BCUT2D eigenvalue weighted by Gasteiger charge is -2.15. The second kappa shape index (κ2) is 14.6. The van der Waals surface area contributed by atoms with Crippen LogP contribution in [0.1, 0.15) is 63.0 Å². The van der Waals surface area contributed by atoms with E-state index in [1.54, 1.807) is 18.1 Å². The molecule has 5 heteroatoms. The number of nitrogens with one attached hydrogen (secondary N) is 1. The fourth-order valence-corrected chi connectivity index (χ4v) is 2.71. The Balaban J connectivity index is 0.00000265. The van der Waals surface area contributed by atoms with E-state index in [4.69, 9.17) is 0 Å². The Labute approximate surface area is 199 Å². The summed E-state index contributed by atoms with van der Waals surface area (Å²) in [5.74, 6) is 0.655. The number of allylic oxidation sites excluding steroid dienone is 2. The van der Waals surface area contributed by atoms with Crippen LogP contribution in [0.2, 0.25) is 0 Å². The van der Waals surface area contributed by atoms with Gasteiger partial charge in [0.05, 0.1) is 5.71 Å². The number of carbonyl (C=O) groups excluding carboxylic acids is 1. The van der Waals surface area contributed by atoms with Gasteiger partial charge in [0.1, 0.15) is 0 Å². The number of amides is 1. The molecule has 0 spiro atoms. The van der Waals surface area contributed by atoms with Gasteiger partial charge in [-0.25, -0.2) is 4.99 Å². The molecule has 0 aliphatic heterocycles. The van der Waals surface area contributed by atoms with Gasteiger partial charge in [-0.3, -0.25) is 9.79 Å². The molecule has 2 aromatic carbocycles. The van der Waals surface area contributed by atoms with E-state index < -0.39 is 0 Å². The molecule has 176 valence electrons. The van der Waals surface area contributed by atoms with Crippen molar-refractivity contribution in [3.63, 3.8) is 0 Å². The molecule has 0 radical (unpaired) electrons. The van der Waals surface area contributed by atoms with Gasteiger partial charge in [0.2, 0.25) is 0 Å². The third-order valence-corrected chi connectivity index (χ3v) is 4.87. The lowest BCUT2D eigenvalue weighted by molar-refractivity contribution is 0.0802. The predicted octanol–water partition coefficient (Wildman–Crippen LogP) is 6.98. The van der Waals surface area contributed by atoms with E-state index in [-0.39, 0.29) is 5.91 Å².